The number of aromatic hydroxyl groups is 1. The number of phenols is 1. The van der Waals surface area contributed by atoms with Crippen LogP contribution in [-0.2, 0) is 32.8 Å². The Hall–Kier alpha value is -5.76. The summed E-state index contributed by atoms with van der Waals surface area (Å²) in [5, 5.41) is 34.0. The molecule has 0 unspecified atom stereocenters. The van der Waals surface area contributed by atoms with Gasteiger partial charge in [-0.15, -0.1) is 0 Å². The summed E-state index contributed by atoms with van der Waals surface area (Å²) in [5.74, 6) is 1.60. The van der Waals surface area contributed by atoms with E-state index in [0.29, 0.717) is 53.9 Å². The van der Waals surface area contributed by atoms with Crippen molar-refractivity contribution in [2.24, 2.45) is 0 Å². The van der Waals surface area contributed by atoms with Gasteiger partial charge >= 0.3 is 0 Å². The molecule has 0 aliphatic rings. The average molecular weight is 669 g/mol. The van der Waals surface area contributed by atoms with Crippen LogP contribution in [0.15, 0.2) is 152 Å². The average Bonchev–Trinajstić information content (AvgIpc) is 3.17. The van der Waals surface area contributed by atoms with Crippen LogP contribution in [0.1, 0.15) is 39.5 Å². The molecule has 0 bridgehead atoms. The number of aliphatic hydroxyl groups is 2. The molecule has 3 N–H and O–H groups in total. The maximum absolute atomic E-state index is 11.4. The van der Waals surface area contributed by atoms with Crippen molar-refractivity contribution in [3.8, 4) is 28.7 Å². The fourth-order valence-electron chi connectivity index (χ4n) is 5.45. The molecule has 0 aliphatic carbocycles. The van der Waals surface area contributed by atoms with Gasteiger partial charge in [0.05, 0.1) is 6.10 Å². The Morgan fingerprint density at radius 2 is 0.880 bits per heavy atom. The van der Waals surface area contributed by atoms with Gasteiger partial charge in [-0.2, -0.15) is 0 Å². The van der Waals surface area contributed by atoms with Gasteiger partial charge < -0.3 is 34.3 Å². The maximum atomic E-state index is 11.4. The highest BCUT2D eigenvalue weighted by atomic mass is 16.5. The van der Waals surface area contributed by atoms with Crippen LogP contribution in [0.2, 0.25) is 0 Å². The molecular formula is C43H40O7. The van der Waals surface area contributed by atoms with E-state index in [-0.39, 0.29) is 18.8 Å². The van der Waals surface area contributed by atoms with Crippen molar-refractivity contribution in [3.05, 3.63) is 185 Å². The van der Waals surface area contributed by atoms with Crippen LogP contribution in [0.4, 0.5) is 0 Å². The van der Waals surface area contributed by atoms with E-state index in [0.717, 1.165) is 22.3 Å². The quantitative estimate of drug-likeness (QED) is 0.0954. The molecule has 0 heterocycles. The molecule has 6 rings (SSSR count). The summed E-state index contributed by atoms with van der Waals surface area (Å²) in [6.07, 6.45) is -2.70. The highest BCUT2D eigenvalue weighted by Crippen LogP contribution is 2.38. The van der Waals surface area contributed by atoms with Gasteiger partial charge in [0.1, 0.15) is 49.8 Å². The van der Waals surface area contributed by atoms with Gasteiger partial charge in [-0.1, -0.05) is 127 Å². The smallest absolute Gasteiger partial charge is 0.162 e. The first-order chi connectivity index (χ1) is 24.5. The predicted molar refractivity (Wildman–Crippen MR) is 192 cm³/mol. The molecule has 0 aliphatic heterocycles. The second-order valence-corrected chi connectivity index (χ2v) is 11.9. The van der Waals surface area contributed by atoms with Crippen molar-refractivity contribution in [2.75, 3.05) is 0 Å². The minimum absolute atomic E-state index is 0.0947. The zero-order valence-electron chi connectivity index (χ0n) is 27.6. The first kappa shape index (κ1) is 34.1. The van der Waals surface area contributed by atoms with E-state index in [1.165, 1.54) is 6.07 Å². The number of ether oxygens (including phenoxy) is 4. The summed E-state index contributed by atoms with van der Waals surface area (Å²) in [7, 11) is 0. The Kier molecular flexibility index (Phi) is 11.6. The van der Waals surface area contributed by atoms with Crippen LogP contribution in [0.3, 0.4) is 0 Å². The number of rotatable bonds is 16. The first-order valence-corrected chi connectivity index (χ1v) is 16.5. The molecule has 254 valence electrons. The van der Waals surface area contributed by atoms with Crippen LogP contribution in [0, 0.1) is 0 Å². The largest absolute Gasteiger partial charge is 0.507 e. The van der Waals surface area contributed by atoms with E-state index in [1.807, 2.05) is 121 Å². The molecule has 0 spiro atoms. The van der Waals surface area contributed by atoms with Crippen molar-refractivity contribution in [3.63, 3.8) is 0 Å². The second-order valence-electron chi connectivity index (χ2n) is 11.9. The molecule has 6 aromatic rings. The van der Waals surface area contributed by atoms with E-state index in [4.69, 9.17) is 18.9 Å². The van der Waals surface area contributed by atoms with Crippen molar-refractivity contribution in [1.82, 2.24) is 0 Å². The zero-order valence-corrected chi connectivity index (χ0v) is 27.6. The van der Waals surface area contributed by atoms with E-state index < -0.39 is 12.2 Å². The van der Waals surface area contributed by atoms with Crippen LogP contribution in [0.25, 0.3) is 0 Å². The minimum atomic E-state index is -1.31. The Morgan fingerprint density at radius 3 is 1.38 bits per heavy atom. The zero-order chi connectivity index (χ0) is 34.5. The Balaban J connectivity index is 1.22. The summed E-state index contributed by atoms with van der Waals surface area (Å²) in [6, 6.07) is 47.3. The lowest BCUT2D eigenvalue weighted by Gasteiger charge is -2.22. The third-order valence-corrected chi connectivity index (χ3v) is 8.21. The molecule has 7 nitrogen and oxygen atoms in total. The molecule has 2 atom stereocenters. The fourth-order valence-corrected chi connectivity index (χ4v) is 5.45. The standard InChI is InChI=1S/C43H40O7/c44-38-24-36(47-27-31-13-5-1-6-14-31)25-41(49-29-33-17-9-3-10-18-33)37(38)26-39(45)43(46)35-21-22-40(48-28-32-15-7-2-8-16-32)42(23-35)50-30-34-19-11-4-12-20-34/h1-25,39,43-46H,26-30H2/t39-,43-/m0/s1. The van der Waals surface area contributed by atoms with Crippen LogP contribution in [-0.4, -0.2) is 21.4 Å². The van der Waals surface area contributed by atoms with E-state index in [2.05, 4.69) is 0 Å². The summed E-state index contributed by atoms with van der Waals surface area (Å²) in [4.78, 5) is 0. The highest BCUT2D eigenvalue weighted by Gasteiger charge is 2.25. The Morgan fingerprint density at radius 1 is 0.440 bits per heavy atom. The van der Waals surface area contributed by atoms with Gasteiger partial charge in [0.2, 0.25) is 0 Å². The topological polar surface area (TPSA) is 97.6 Å². The maximum Gasteiger partial charge on any atom is 0.162 e. The van der Waals surface area contributed by atoms with Crippen molar-refractivity contribution < 1.29 is 34.3 Å². The molecule has 0 saturated carbocycles. The predicted octanol–water partition coefficient (Wildman–Crippen LogP) is 8.35. The minimum Gasteiger partial charge on any atom is -0.507 e. The number of benzene rings is 6. The molecule has 0 aromatic heterocycles. The monoisotopic (exact) mass is 668 g/mol. The SMILES string of the molecule is Oc1cc(OCc2ccccc2)cc(OCc2ccccc2)c1C[C@H](O)[C@@H](O)c1ccc(OCc2ccccc2)c(OCc2ccccc2)c1. The van der Waals surface area contributed by atoms with E-state index in [1.54, 1.807) is 24.3 Å². The van der Waals surface area contributed by atoms with Gasteiger partial charge in [0, 0.05) is 24.1 Å². The second kappa shape index (κ2) is 17.1. The summed E-state index contributed by atoms with van der Waals surface area (Å²) >= 11 is 0. The third kappa shape index (κ3) is 9.44. The molecular weight excluding hydrogens is 628 g/mol. The summed E-state index contributed by atoms with van der Waals surface area (Å²) in [5.41, 5.74) is 4.67. The van der Waals surface area contributed by atoms with Gasteiger partial charge in [-0.05, 0) is 39.9 Å². The number of hydrogen-bond donors (Lipinski definition) is 3. The Labute approximate surface area is 292 Å². The summed E-state index contributed by atoms with van der Waals surface area (Å²) < 4.78 is 24.5. The summed E-state index contributed by atoms with van der Waals surface area (Å²) in [6.45, 7) is 1.17. The van der Waals surface area contributed by atoms with Crippen molar-refractivity contribution >= 4 is 0 Å². The molecule has 6 aromatic carbocycles. The molecule has 0 saturated heterocycles. The van der Waals surface area contributed by atoms with Crippen LogP contribution >= 0.6 is 0 Å². The lowest BCUT2D eigenvalue weighted by Crippen LogP contribution is -2.21. The molecule has 7 heteroatoms. The van der Waals surface area contributed by atoms with E-state index in [9.17, 15) is 15.3 Å². The van der Waals surface area contributed by atoms with Gasteiger partial charge in [-0.3, -0.25) is 0 Å². The van der Waals surface area contributed by atoms with Gasteiger partial charge in [0.15, 0.2) is 11.5 Å². The molecule has 0 radical (unpaired) electrons. The van der Waals surface area contributed by atoms with Crippen molar-refractivity contribution in [1.29, 1.82) is 0 Å². The van der Waals surface area contributed by atoms with Gasteiger partial charge in [0.25, 0.3) is 0 Å². The molecule has 0 fully saturated rings. The third-order valence-electron chi connectivity index (χ3n) is 8.21. The lowest BCUT2D eigenvalue weighted by molar-refractivity contribution is 0.0180. The van der Waals surface area contributed by atoms with Crippen LogP contribution in [0.5, 0.6) is 28.7 Å². The first-order valence-electron chi connectivity index (χ1n) is 16.5. The molecule has 50 heavy (non-hydrogen) atoms. The van der Waals surface area contributed by atoms with Crippen molar-refractivity contribution in [2.45, 2.75) is 45.1 Å². The number of phenolic OH excluding ortho intramolecular Hbond substituents is 1. The number of aliphatic hydroxyl groups excluding tert-OH is 2. The fraction of sp³-hybridized carbons (Fsp3) is 0.163. The van der Waals surface area contributed by atoms with E-state index >= 15 is 0 Å². The Bertz CT molecular complexity index is 1920. The van der Waals surface area contributed by atoms with Crippen LogP contribution < -0.4 is 18.9 Å². The normalized spacial score (nSPS) is 12.1. The lowest BCUT2D eigenvalue weighted by atomic mass is 9.97. The highest BCUT2D eigenvalue weighted by molar-refractivity contribution is 5.51. The number of hydrogen-bond acceptors (Lipinski definition) is 7. The molecule has 0 amide bonds. The van der Waals surface area contributed by atoms with Gasteiger partial charge in [-0.25, -0.2) is 0 Å².